The molecule has 0 rings (SSSR count). The highest BCUT2D eigenvalue weighted by atomic mass is 13.9. The van der Waals surface area contributed by atoms with Gasteiger partial charge in [-0.2, -0.15) is 0 Å². The SMILES string of the molecule is CCCCCCC/C=C/C=C=CCC=CCCCCCCCC. The van der Waals surface area contributed by atoms with E-state index in [0.29, 0.717) is 0 Å². The molecule has 132 valence electrons. The highest BCUT2D eigenvalue weighted by Crippen LogP contribution is 2.07. The summed E-state index contributed by atoms with van der Waals surface area (Å²) in [5, 5.41) is 0. The molecule has 0 spiro atoms. The fourth-order valence-corrected chi connectivity index (χ4v) is 2.55. The third kappa shape index (κ3) is 21.0. The molecule has 23 heavy (non-hydrogen) atoms. The molecule has 0 amide bonds. The molecule has 0 heteroatoms. The van der Waals surface area contributed by atoms with Crippen LogP contribution in [-0.2, 0) is 0 Å². The van der Waals surface area contributed by atoms with E-state index in [9.17, 15) is 0 Å². The van der Waals surface area contributed by atoms with Crippen molar-refractivity contribution in [3.05, 3.63) is 42.2 Å². The lowest BCUT2D eigenvalue weighted by Gasteiger charge is -1.97. The van der Waals surface area contributed by atoms with Crippen LogP contribution in [0.5, 0.6) is 0 Å². The Hall–Kier alpha value is -1.00. The first kappa shape index (κ1) is 22.0. The van der Waals surface area contributed by atoms with Gasteiger partial charge in [0.05, 0.1) is 0 Å². The Labute approximate surface area is 146 Å². The van der Waals surface area contributed by atoms with Crippen LogP contribution < -0.4 is 0 Å². The van der Waals surface area contributed by atoms with Crippen molar-refractivity contribution in [2.24, 2.45) is 0 Å². The highest BCUT2D eigenvalue weighted by Gasteiger charge is 1.87. The average molecular weight is 317 g/mol. The molecule has 0 aromatic carbocycles. The zero-order valence-corrected chi connectivity index (χ0v) is 15.9. The van der Waals surface area contributed by atoms with Gasteiger partial charge in [-0.25, -0.2) is 0 Å². The highest BCUT2D eigenvalue weighted by molar-refractivity contribution is 5.03. The third-order valence-electron chi connectivity index (χ3n) is 4.07. The van der Waals surface area contributed by atoms with Crippen molar-refractivity contribution in [2.75, 3.05) is 0 Å². The first-order valence-electron chi connectivity index (χ1n) is 10.1. The lowest BCUT2D eigenvalue weighted by molar-refractivity contribution is 0.611. The Morgan fingerprint density at radius 3 is 1.83 bits per heavy atom. The minimum Gasteiger partial charge on any atom is -0.125 e. The second kappa shape index (κ2) is 21.0. The normalized spacial score (nSPS) is 11.2. The van der Waals surface area contributed by atoms with Gasteiger partial charge in [0.2, 0.25) is 0 Å². The number of hydrogen-bond donors (Lipinski definition) is 0. The topological polar surface area (TPSA) is 0 Å². The van der Waals surface area contributed by atoms with Crippen LogP contribution in [0.2, 0.25) is 0 Å². The summed E-state index contributed by atoms with van der Waals surface area (Å²) in [4.78, 5) is 0. The molecular formula is C23H40. The van der Waals surface area contributed by atoms with Crippen LogP contribution in [0.15, 0.2) is 42.2 Å². The smallest absolute Gasteiger partial charge is 0.00929 e. The van der Waals surface area contributed by atoms with Crippen LogP contribution in [-0.4, -0.2) is 0 Å². The van der Waals surface area contributed by atoms with Gasteiger partial charge >= 0.3 is 0 Å². The molecule has 0 N–H and O–H groups in total. The first-order chi connectivity index (χ1) is 11.4. The van der Waals surface area contributed by atoms with E-state index in [1.54, 1.807) is 0 Å². The Morgan fingerprint density at radius 2 is 1.17 bits per heavy atom. The van der Waals surface area contributed by atoms with E-state index in [1.165, 1.54) is 83.5 Å². The van der Waals surface area contributed by atoms with Crippen LogP contribution in [0.25, 0.3) is 0 Å². The monoisotopic (exact) mass is 316 g/mol. The fraction of sp³-hybridized carbons (Fsp3) is 0.696. The quantitative estimate of drug-likeness (QED) is 0.116. The average Bonchev–Trinajstić information content (AvgIpc) is 2.57. The zero-order valence-electron chi connectivity index (χ0n) is 15.9. The molecule has 0 aliphatic rings. The van der Waals surface area contributed by atoms with Crippen LogP contribution in [0.3, 0.4) is 0 Å². The van der Waals surface area contributed by atoms with E-state index in [2.05, 4.69) is 50.0 Å². The maximum absolute atomic E-state index is 3.23. The summed E-state index contributed by atoms with van der Waals surface area (Å²) in [5.74, 6) is 0. The lowest BCUT2D eigenvalue weighted by Crippen LogP contribution is -1.77. The van der Waals surface area contributed by atoms with E-state index >= 15 is 0 Å². The van der Waals surface area contributed by atoms with Gasteiger partial charge in [-0.3, -0.25) is 0 Å². The number of hydrogen-bond acceptors (Lipinski definition) is 0. The van der Waals surface area contributed by atoms with Gasteiger partial charge < -0.3 is 0 Å². The molecule has 0 radical (unpaired) electrons. The summed E-state index contributed by atoms with van der Waals surface area (Å²) in [6.07, 6.45) is 31.7. The molecule has 0 nitrogen and oxygen atoms in total. The molecule has 0 aliphatic heterocycles. The minimum atomic E-state index is 1.01. The summed E-state index contributed by atoms with van der Waals surface area (Å²) in [6, 6.07) is 0. The summed E-state index contributed by atoms with van der Waals surface area (Å²) < 4.78 is 0. The third-order valence-corrected chi connectivity index (χ3v) is 4.07. The molecule has 0 fully saturated rings. The molecule has 0 aliphatic carbocycles. The molecule has 0 bridgehead atoms. The number of allylic oxidation sites excluding steroid dienone is 5. The van der Waals surface area contributed by atoms with E-state index in [4.69, 9.17) is 0 Å². The number of rotatable bonds is 16. The molecule has 0 unspecified atom stereocenters. The Bertz CT molecular complexity index is 326. The van der Waals surface area contributed by atoms with Gasteiger partial charge in [0, 0.05) is 0 Å². The van der Waals surface area contributed by atoms with E-state index in [0.717, 1.165) is 6.42 Å². The summed E-state index contributed by atoms with van der Waals surface area (Å²) in [6.45, 7) is 4.54. The molecule has 0 saturated heterocycles. The zero-order chi connectivity index (χ0) is 16.8. The summed E-state index contributed by atoms with van der Waals surface area (Å²) in [7, 11) is 0. The van der Waals surface area contributed by atoms with Crippen LogP contribution in [0.4, 0.5) is 0 Å². The Kier molecular flexibility index (Phi) is 20.1. The first-order valence-corrected chi connectivity index (χ1v) is 10.1. The second-order valence-corrected chi connectivity index (χ2v) is 6.43. The van der Waals surface area contributed by atoms with Crippen molar-refractivity contribution in [3.63, 3.8) is 0 Å². The Morgan fingerprint density at radius 1 is 0.609 bits per heavy atom. The molecule has 0 saturated carbocycles. The maximum Gasteiger partial charge on any atom is -0.00929 e. The summed E-state index contributed by atoms with van der Waals surface area (Å²) >= 11 is 0. The van der Waals surface area contributed by atoms with Crippen molar-refractivity contribution in [1.29, 1.82) is 0 Å². The van der Waals surface area contributed by atoms with Gasteiger partial charge in [0.1, 0.15) is 0 Å². The van der Waals surface area contributed by atoms with E-state index in [-0.39, 0.29) is 0 Å². The van der Waals surface area contributed by atoms with Gasteiger partial charge in [0.15, 0.2) is 0 Å². The van der Waals surface area contributed by atoms with Gasteiger partial charge in [-0.05, 0) is 44.3 Å². The summed E-state index contributed by atoms with van der Waals surface area (Å²) in [5.41, 5.74) is 3.23. The predicted molar refractivity (Wildman–Crippen MR) is 107 cm³/mol. The number of unbranched alkanes of at least 4 members (excludes halogenated alkanes) is 11. The molecule has 0 heterocycles. The van der Waals surface area contributed by atoms with Crippen LogP contribution in [0.1, 0.15) is 104 Å². The van der Waals surface area contributed by atoms with Crippen molar-refractivity contribution in [2.45, 2.75) is 104 Å². The van der Waals surface area contributed by atoms with E-state index in [1.807, 2.05) is 6.08 Å². The van der Waals surface area contributed by atoms with Crippen LogP contribution in [0, 0.1) is 0 Å². The second-order valence-electron chi connectivity index (χ2n) is 6.43. The lowest BCUT2D eigenvalue weighted by atomic mass is 10.1. The molecule has 0 aromatic rings. The minimum absolute atomic E-state index is 1.01. The van der Waals surface area contributed by atoms with Gasteiger partial charge in [-0.1, -0.05) is 95.9 Å². The standard InChI is InChI=1S/C23H40/c1-3-5-7-9-11-13-15-17-19-21-23-22-20-18-16-14-12-10-8-6-4-2/h15,17-20,23H,3-14,16,22H2,1-2H3/b17-15+,20-18?. The predicted octanol–water partition coefficient (Wildman–Crippen LogP) is 8.31. The van der Waals surface area contributed by atoms with Crippen molar-refractivity contribution in [1.82, 2.24) is 0 Å². The largest absolute Gasteiger partial charge is 0.125 e. The molecule has 0 aromatic heterocycles. The van der Waals surface area contributed by atoms with Gasteiger partial charge in [-0.15, -0.1) is 5.73 Å². The van der Waals surface area contributed by atoms with Crippen molar-refractivity contribution < 1.29 is 0 Å². The molecular weight excluding hydrogens is 276 g/mol. The van der Waals surface area contributed by atoms with Crippen LogP contribution >= 0.6 is 0 Å². The van der Waals surface area contributed by atoms with Gasteiger partial charge in [0.25, 0.3) is 0 Å². The molecule has 0 atom stereocenters. The van der Waals surface area contributed by atoms with E-state index < -0.39 is 0 Å². The van der Waals surface area contributed by atoms with Crippen molar-refractivity contribution >= 4 is 0 Å². The fourth-order valence-electron chi connectivity index (χ4n) is 2.55. The Balaban J connectivity index is 3.38. The maximum atomic E-state index is 3.23. The van der Waals surface area contributed by atoms with Crippen molar-refractivity contribution in [3.8, 4) is 0 Å².